The molecule has 14 heavy (non-hydrogen) atoms. The number of Topliss-reactive ketones (excluding diaryl/α,β-unsaturated/α-hetero) is 1. The fourth-order valence-electron chi connectivity index (χ4n) is 2.03. The first-order valence-corrected chi connectivity index (χ1v) is 5.28. The number of hydrogen-bond donors (Lipinski definition) is 0. The van der Waals surface area contributed by atoms with Crippen LogP contribution in [0.25, 0.3) is 0 Å². The zero-order valence-corrected chi connectivity index (χ0v) is 8.91. The molecule has 1 rings (SSSR count). The van der Waals surface area contributed by atoms with E-state index in [-0.39, 0.29) is 11.7 Å². The van der Waals surface area contributed by atoms with Crippen LogP contribution in [0.15, 0.2) is 0 Å². The predicted octanol–water partition coefficient (Wildman–Crippen LogP) is 1.94. The zero-order valence-electron chi connectivity index (χ0n) is 8.91. The van der Waals surface area contributed by atoms with Crippen LogP contribution in [-0.4, -0.2) is 18.9 Å². The van der Waals surface area contributed by atoms with Crippen molar-refractivity contribution in [2.75, 3.05) is 7.11 Å². The van der Waals surface area contributed by atoms with Crippen molar-refractivity contribution in [1.82, 2.24) is 0 Å². The van der Waals surface area contributed by atoms with Gasteiger partial charge in [0.2, 0.25) is 0 Å². The summed E-state index contributed by atoms with van der Waals surface area (Å²) in [4.78, 5) is 23.0. The Balaban J connectivity index is 2.50. The zero-order chi connectivity index (χ0) is 10.6. The van der Waals surface area contributed by atoms with Gasteiger partial charge < -0.3 is 4.74 Å². The summed E-state index contributed by atoms with van der Waals surface area (Å²) in [7, 11) is 1.33. The normalized spacial score (nSPS) is 20.1. The Morgan fingerprint density at radius 3 is 2.29 bits per heavy atom. The van der Waals surface area contributed by atoms with Gasteiger partial charge in [-0.15, -0.1) is 0 Å². The molecule has 0 aromatic heterocycles. The lowest BCUT2D eigenvalue weighted by Crippen LogP contribution is -2.29. The Bertz CT molecular complexity index is 217. The molecule has 0 spiro atoms. The molecule has 0 aromatic rings. The highest BCUT2D eigenvalue weighted by molar-refractivity contribution is 5.99. The highest BCUT2D eigenvalue weighted by atomic mass is 16.5. The molecule has 1 unspecified atom stereocenters. The second kappa shape index (κ2) is 5.13. The van der Waals surface area contributed by atoms with Gasteiger partial charge in [-0.1, -0.05) is 19.3 Å². The molecule has 1 aliphatic carbocycles. The van der Waals surface area contributed by atoms with Crippen LogP contribution in [0.1, 0.15) is 39.0 Å². The Morgan fingerprint density at radius 2 is 1.79 bits per heavy atom. The number of carbonyl (C=O) groups is 2. The fourth-order valence-corrected chi connectivity index (χ4v) is 2.03. The summed E-state index contributed by atoms with van der Waals surface area (Å²) >= 11 is 0. The quantitative estimate of drug-likeness (QED) is 0.514. The molecule has 1 fully saturated rings. The molecule has 0 aliphatic heterocycles. The first-order chi connectivity index (χ1) is 6.66. The van der Waals surface area contributed by atoms with E-state index in [0.29, 0.717) is 0 Å². The average molecular weight is 198 g/mol. The van der Waals surface area contributed by atoms with E-state index in [4.69, 9.17) is 0 Å². The lowest BCUT2D eigenvalue weighted by molar-refractivity contribution is -0.150. The maximum atomic E-state index is 11.8. The molecule has 0 heterocycles. The van der Waals surface area contributed by atoms with E-state index in [1.165, 1.54) is 13.5 Å². The van der Waals surface area contributed by atoms with Gasteiger partial charge in [0.1, 0.15) is 11.7 Å². The molecule has 0 N–H and O–H groups in total. The maximum Gasteiger partial charge on any atom is 0.315 e. The van der Waals surface area contributed by atoms with E-state index in [9.17, 15) is 9.59 Å². The molecule has 3 heteroatoms. The van der Waals surface area contributed by atoms with Crippen LogP contribution < -0.4 is 0 Å². The first kappa shape index (κ1) is 11.2. The van der Waals surface area contributed by atoms with Gasteiger partial charge in [-0.05, 0) is 19.8 Å². The van der Waals surface area contributed by atoms with Crippen LogP contribution in [0.5, 0.6) is 0 Å². The van der Waals surface area contributed by atoms with Crippen LogP contribution in [0.4, 0.5) is 0 Å². The molecule has 1 atom stereocenters. The second-order valence-corrected chi connectivity index (χ2v) is 3.98. The average Bonchev–Trinajstić information content (AvgIpc) is 2.27. The van der Waals surface area contributed by atoms with Gasteiger partial charge in [-0.2, -0.15) is 0 Å². The van der Waals surface area contributed by atoms with Crippen LogP contribution in [0.2, 0.25) is 0 Å². The lowest BCUT2D eigenvalue weighted by atomic mass is 9.82. The van der Waals surface area contributed by atoms with Crippen molar-refractivity contribution in [2.24, 2.45) is 11.8 Å². The Morgan fingerprint density at radius 1 is 1.21 bits per heavy atom. The molecule has 1 saturated carbocycles. The maximum absolute atomic E-state index is 11.8. The van der Waals surface area contributed by atoms with Gasteiger partial charge in [0.25, 0.3) is 0 Å². The summed E-state index contributed by atoms with van der Waals surface area (Å²) in [5.74, 6) is -0.821. The van der Waals surface area contributed by atoms with Gasteiger partial charge in [0.05, 0.1) is 7.11 Å². The summed E-state index contributed by atoms with van der Waals surface area (Å²) in [6.07, 6.45) is 5.34. The molecular formula is C11H18O3. The number of methoxy groups -OCH3 is 1. The number of ketones is 1. The van der Waals surface area contributed by atoms with Crippen molar-refractivity contribution in [1.29, 1.82) is 0 Å². The number of esters is 1. The van der Waals surface area contributed by atoms with Crippen molar-refractivity contribution in [2.45, 2.75) is 39.0 Å². The monoisotopic (exact) mass is 198 g/mol. The lowest BCUT2D eigenvalue weighted by Gasteiger charge is -2.22. The third-order valence-electron chi connectivity index (χ3n) is 2.99. The van der Waals surface area contributed by atoms with Gasteiger partial charge >= 0.3 is 5.97 Å². The van der Waals surface area contributed by atoms with Gasteiger partial charge in [0, 0.05) is 5.92 Å². The summed E-state index contributed by atoms with van der Waals surface area (Å²) in [6.45, 7) is 1.64. The highest BCUT2D eigenvalue weighted by Crippen LogP contribution is 2.26. The van der Waals surface area contributed by atoms with Crippen LogP contribution >= 0.6 is 0 Å². The van der Waals surface area contributed by atoms with E-state index >= 15 is 0 Å². The fraction of sp³-hybridized carbons (Fsp3) is 0.818. The minimum absolute atomic E-state index is 0.0663. The minimum Gasteiger partial charge on any atom is -0.468 e. The van der Waals surface area contributed by atoms with Crippen molar-refractivity contribution < 1.29 is 14.3 Å². The van der Waals surface area contributed by atoms with E-state index in [1.807, 2.05) is 0 Å². The molecule has 0 radical (unpaired) electrons. The molecule has 0 aromatic carbocycles. The van der Waals surface area contributed by atoms with Crippen molar-refractivity contribution in [3.63, 3.8) is 0 Å². The second-order valence-electron chi connectivity index (χ2n) is 3.98. The first-order valence-electron chi connectivity index (χ1n) is 5.28. The smallest absolute Gasteiger partial charge is 0.315 e. The predicted molar refractivity (Wildman–Crippen MR) is 52.8 cm³/mol. The van der Waals surface area contributed by atoms with Crippen LogP contribution in [-0.2, 0) is 14.3 Å². The molecular weight excluding hydrogens is 180 g/mol. The number of rotatable bonds is 3. The summed E-state index contributed by atoms with van der Waals surface area (Å²) in [6, 6.07) is 0. The third-order valence-corrected chi connectivity index (χ3v) is 2.99. The number of ether oxygens (including phenoxy) is 1. The summed E-state index contributed by atoms with van der Waals surface area (Å²) in [5.41, 5.74) is 0. The van der Waals surface area contributed by atoms with E-state index < -0.39 is 11.9 Å². The SMILES string of the molecule is COC(=O)C(C)C(=O)C1CCCCC1. The van der Waals surface area contributed by atoms with E-state index in [1.54, 1.807) is 6.92 Å². The Kier molecular flexibility index (Phi) is 4.11. The molecule has 0 bridgehead atoms. The topological polar surface area (TPSA) is 43.4 Å². The summed E-state index contributed by atoms with van der Waals surface area (Å²) in [5, 5.41) is 0. The van der Waals surface area contributed by atoms with Crippen molar-refractivity contribution >= 4 is 11.8 Å². The van der Waals surface area contributed by atoms with Gasteiger partial charge in [-0.3, -0.25) is 9.59 Å². The van der Waals surface area contributed by atoms with Crippen molar-refractivity contribution in [3.8, 4) is 0 Å². The molecule has 0 saturated heterocycles. The van der Waals surface area contributed by atoms with Gasteiger partial charge in [0.15, 0.2) is 0 Å². The number of hydrogen-bond acceptors (Lipinski definition) is 3. The molecule has 0 amide bonds. The molecule has 1 aliphatic rings. The standard InChI is InChI=1S/C11H18O3/c1-8(11(13)14-2)10(12)9-6-4-3-5-7-9/h8-9H,3-7H2,1-2H3. The third kappa shape index (κ3) is 2.56. The van der Waals surface area contributed by atoms with Crippen molar-refractivity contribution in [3.05, 3.63) is 0 Å². The minimum atomic E-state index is -0.580. The molecule has 80 valence electrons. The van der Waals surface area contributed by atoms with Crippen LogP contribution in [0, 0.1) is 11.8 Å². The van der Waals surface area contributed by atoms with E-state index in [2.05, 4.69) is 4.74 Å². The largest absolute Gasteiger partial charge is 0.468 e. The van der Waals surface area contributed by atoms with Crippen LogP contribution in [0.3, 0.4) is 0 Å². The van der Waals surface area contributed by atoms with Gasteiger partial charge in [-0.25, -0.2) is 0 Å². The summed E-state index contributed by atoms with van der Waals surface area (Å²) < 4.78 is 4.56. The number of carbonyl (C=O) groups excluding carboxylic acids is 2. The Hall–Kier alpha value is -0.860. The molecule has 3 nitrogen and oxygen atoms in total. The van der Waals surface area contributed by atoms with E-state index in [0.717, 1.165) is 25.7 Å². The Labute approximate surface area is 84.8 Å². The highest BCUT2D eigenvalue weighted by Gasteiger charge is 2.29.